The van der Waals surface area contributed by atoms with Crippen molar-refractivity contribution < 1.29 is 19.5 Å². The Morgan fingerprint density at radius 1 is 1.38 bits per heavy atom. The molecular formula is C19H24N4O4S2. The topological polar surface area (TPSA) is 137 Å². The normalized spacial score (nSPS) is 28.9. The van der Waals surface area contributed by atoms with Crippen molar-refractivity contribution in [2.75, 3.05) is 0 Å². The number of β-lactam (4-membered cyclic amide) rings is 1. The van der Waals surface area contributed by atoms with Gasteiger partial charge in [0, 0.05) is 14.5 Å². The third-order valence-corrected chi connectivity index (χ3v) is 8.46. The van der Waals surface area contributed by atoms with Crippen molar-refractivity contribution in [1.29, 1.82) is 5.26 Å². The van der Waals surface area contributed by atoms with Gasteiger partial charge in [0.1, 0.15) is 23.5 Å². The number of nitriles is 1. The fourth-order valence-corrected chi connectivity index (χ4v) is 6.34. The minimum absolute atomic E-state index is 0.0880. The van der Waals surface area contributed by atoms with Crippen LogP contribution in [0.3, 0.4) is 0 Å². The molecule has 3 heterocycles. The molecule has 0 radical (unpaired) electrons. The molecule has 0 aliphatic carbocycles. The van der Waals surface area contributed by atoms with E-state index in [0.29, 0.717) is 4.88 Å². The molecule has 10 heteroatoms. The van der Waals surface area contributed by atoms with Gasteiger partial charge < -0.3 is 21.1 Å². The number of carbonyl (C=O) groups is 3. The number of aliphatic carboxylic acids is 1. The number of hydrogen-bond donors (Lipinski definition) is 3. The van der Waals surface area contributed by atoms with Crippen LogP contribution in [-0.2, 0) is 19.8 Å². The fourth-order valence-electron chi connectivity index (χ4n) is 3.63. The number of nitrogens with zero attached hydrogens (tertiary/aromatic N) is 2. The molecule has 0 spiro atoms. The summed E-state index contributed by atoms with van der Waals surface area (Å²) in [7, 11) is 0. The number of thioether (sulfide) groups is 1. The Morgan fingerprint density at radius 3 is 2.48 bits per heavy atom. The molecule has 156 valence electrons. The summed E-state index contributed by atoms with van der Waals surface area (Å²) in [5.41, 5.74) is 4.21. The van der Waals surface area contributed by atoms with Gasteiger partial charge in [-0.2, -0.15) is 5.26 Å². The lowest BCUT2D eigenvalue weighted by Crippen LogP contribution is -2.79. The lowest BCUT2D eigenvalue weighted by Gasteiger charge is -2.49. The molecule has 4 N–H and O–H groups in total. The fraction of sp³-hybridized carbons (Fsp3) is 0.579. The second-order valence-electron chi connectivity index (χ2n) is 8.87. The van der Waals surface area contributed by atoms with Crippen LogP contribution < -0.4 is 11.1 Å². The lowest BCUT2D eigenvalue weighted by molar-refractivity contribution is -0.165. The Kier molecular flexibility index (Phi) is 5.01. The van der Waals surface area contributed by atoms with Crippen molar-refractivity contribution in [2.24, 2.45) is 5.73 Å². The maximum Gasteiger partial charge on any atom is 0.327 e. The molecule has 0 bridgehead atoms. The van der Waals surface area contributed by atoms with Crippen LogP contribution in [0.15, 0.2) is 12.1 Å². The van der Waals surface area contributed by atoms with Gasteiger partial charge in [-0.05, 0) is 31.4 Å². The van der Waals surface area contributed by atoms with Crippen LogP contribution in [0.4, 0.5) is 0 Å². The molecule has 2 fully saturated rings. The van der Waals surface area contributed by atoms with E-state index in [1.165, 1.54) is 28.0 Å². The Hall–Kier alpha value is -2.09. The molecule has 2 aliphatic heterocycles. The SMILES string of the molecule is CC(C)(C)c1ccc(C(N)C(=O)N[C@@]2(C#N)C(=O)N3[C@@H](C(=O)O)C(C)(C)S[C@@H]32)s1. The van der Waals surface area contributed by atoms with E-state index in [9.17, 15) is 24.8 Å². The highest BCUT2D eigenvalue weighted by molar-refractivity contribution is 8.01. The number of thiophene rings is 1. The minimum Gasteiger partial charge on any atom is -0.480 e. The van der Waals surface area contributed by atoms with Gasteiger partial charge in [0.2, 0.25) is 11.4 Å². The summed E-state index contributed by atoms with van der Waals surface area (Å²) in [6.07, 6.45) is 0. The smallest absolute Gasteiger partial charge is 0.327 e. The first-order valence-corrected chi connectivity index (χ1v) is 10.8. The summed E-state index contributed by atoms with van der Waals surface area (Å²) >= 11 is 2.61. The molecule has 1 aromatic rings. The molecule has 3 rings (SSSR count). The zero-order valence-electron chi connectivity index (χ0n) is 16.8. The van der Waals surface area contributed by atoms with Gasteiger partial charge in [-0.1, -0.05) is 20.8 Å². The monoisotopic (exact) mass is 436 g/mol. The number of nitrogens with one attached hydrogen (secondary N) is 1. The highest BCUT2D eigenvalue weighted by Gasteiger charge is 2.73. The van der Waals surface area contributed by atoms with Gasteiger partial charge in [-0.3, -0.25) is 9.59 Å². The van der Waals surface area contributed by atoms with Crippen molar-refractivity contribution >= 4 is 40.9 Å². The zero-order chi connectivity index (χ0) is 21.9. The number of carboxylic acids is 1. The van der Waals surface area contributed by atoms with Crippen LogP contribution in [0.1, 0.15) is 50.4 Å². The van der Waals surface area contributed by atoms with Crippen molar-refractivity contribution in [2.45, 2.75) is 67.8 Å². The molecule has 0 saturated carbocycles. The average molecular weight is 437 g/mol. The zero-order valence-corrected chi connectivity index (χ0v) is 18.5. The van der Waals surface area contributed by atoms with Crippen LogP contribution in [0, 0.1) is 11.3 Å². The third-order valence-electron chi connectivity index (χ3n) is 5.23. The number of hydrogen-bond acceptors (Lipinski definition) is 7. The number of carboxylic acid groups (broad SMARTS) is 1. The van der Waals surface area contributed by atoms with Crippen molar-refractivity contribution in [3.63, 3.8) is 0 Å². The predicted octanol–water partition coefficient (Wildman–Crippen LogP) is 1.57. The van der Waals surface area contributed by atoms with Crippen LogP contribution in [-0.4, -0.2) is 49.5 Å². The van der Waals surface area contributed by atoms with E-state index in [2.05, 4.69) is 26.1 Å². The quantitative estimate of drug-likeness (QED) is 0.609. The molecular weight excluding hydrogens is 412 g/mol. The largest absolute Gasteiger partial charge is 0.480 e. The highest BCUT2D eigenvalue weighted by atomic mass is 32.2. The summed E-state index contributed by atoms with van der Waals surface area (Å²) < 4.78 is -0.799. The minimum atomic E-state index is -1.81. The molecule has 1 unspecified atom stereocenters. The first kappa shape index (κ1) is 21.6. The van der Waals surface area contributed by atoms with Gasteiger partial charge in [-0.25, -0.2) is 4.79 Å². The Labute approximate surface area is 177 Å². The molecule has 0 aromatic carbocycles. The van der Waals surface area contributed by atoms with E-state index in [1.54, 1.807) is 19.9 Å². The van der Waals surface area contributed by atoms with Crippen molar-refractivity contribution in [1.82, 2.24) is 10.2 Å². The van der Waals surface area contributed by atoms with Gasteiger partial charge in [0.25, 0.3) is 5.91 Å². The summed E-state index contributed by atoms with van der Waals surface area (Å²) in [4.78, 5) is 40.1. The van der Waals surface area contributed by atoms with Crippen LogP contribution in [0.5, 0.6) is 0 Å². The number of fused-ring (bicyclic) bond motifs is 1. The molecule has 2 saturated heterocycles. The Balaban J connectivity index is 1.83. The summed E-state index contributed by atoms with van der Waals surface area (Å²) in [5.74, 6) is -2.49. The number of rotatable bonds is 4. The van der Waals surface area contributed by atoms with E-state index in [0.717, 1.165) is 4.88 Å². The maximum atomic E-state index is 12.8. The number of amides is 2. The van der Waals surface area contributed by atoms with Crippen molar-refractivity contribution in [3.8, 4) is 6.07 Å². The van der Waals surface area contributed by atoms with Gasteiger partial charge in [0.05, 0.1) is 0 Å². The third kappa shape index (κ3) is 3.21. The molecule has 1 aromatic heterocycles. The average Bonchev–Trinajstić information content (AvgIpc) is 3.20. The number of carbonyl (C=O) groups excluding carboxylic acids is 2. The highest BCUT2D eigenvalue weighted by Crippen LogP contribution is 2.54. The first-order valence-electron chi connectivity index (χ1n) is 9.09. The van der Waals surface area contributed by atoms with E-state index in [4.69, 9.17) is 5.73 Å². The molecule has 29 heavy (non-hydrogen) atoms. The lowest BCUT2D eigenvalue weighted by atomic mass is 9.85. The maximum absolute atomic E-state index is 12.8. The second-order valence-corrected chi connectivity index (χ2v) is 11.7. The standard InChI is InChI=1S/C19H24N4O4S2/c1-17(2,3)10-7-6-9(28-10)11(21)13(24)22-19(8-20)15(27)23-12(14(25)26)18(4,5)29-16(19)23/h6-7,11-12,16H,21H2,1-5H3,(H,22,24)(H,25,26)/t11?,12-,16+,19-/m0/s1. The van der Waals surface area contributed by atoms with Gasteiger partial charge in [-0.15, -0.1) is 23.1 Å². The Morgan fingerprint density at radius 2 is 2.00 bits per heavy atom. The van der Waals surface area contributed by atoms with E-state index in [-0.39, 0.29) is 5.41 Å². The summed E-state index contributed by atoms with van der Waals surface area (Å²) in [6, 6.07) is 3.50. The van der Waals surface area contributed by atoms with E-state index >= 15 is 0 Å². The van der Waals surface area contributed by atoms with E-state index in [1.807, 2.05) is 12.1 Å². The second kappa shape index (κ2) is 6.72. The molecule has 8 nitrogen and oxygen atoms in total. The Bertz CT molecular complexity index is 929. The number of nitrogens with two attached hydrogens (primary N) is 1. The van der Waals surface area contributed by atoms with E-state index < -0.39 is 45.5 Å². The van der Waals surface area contributed by atoms with Crippen LogP contribution >= 0.6 is 23.1 Å². The van der Waals surface area contributed by atoms with Gasteiger partial charge >= 0.3 is 5.97 Å². The predicted molar refractivity (Wildman–Crippen MR) is 110 cm³/mol. The van der Waals surface area contributed by atoms with Crippen molar-refractivity contribution in [3.05, 3.63) is 21.9 Å². The van der Waals surface area contributed by atoms with Gasteiger partial charge in [0.15, 0.2) is 0 Å². The molecule has 2 amide bonds. The summed E-state index contributed by atoms with van der Waals surface area (Å²) in [5, 5.41) is 21.0. The summed E-state index contributed by atoms with van der Waals surface area (Å²) in [6.45, 7) is 9.57. The van der Waals surface area contributed by atoms with Crippen LogP contribution in [0.25, 0.3) is 0 Å². The molecule has 4 atom stereocenters. The first-order chi connectivity index (χ1) is 13.3. The molecule has 2 aliphatic rings. The van der Waals surface area contributed by atoms with Crippen LogP contribution in [0.2, 0.25) is 0 Å².